The maximum absolute atomic E-state index is 3.54. The van der Waals surface area contributed by atoms with E-state index in [1.807, 2.05) is 0 Å². The average molecular weight is 231 g/mol. The van der Waals surface area contributed by atoms with Gasteiger partial charge >= 0.3 is 0 Å². The number of benzene rings is 1. The molecule has 1 aliphatic carbocycles. The molecule has 17 heavy (non-hydrogen) atoms. The highest BCUT2D eigenvalue weighted by Gasteiger charge is 2.39. The maximum atomic E-state index is 3.54. The molecule has 0 bridgehead atoms. The van der Waals surface area contributed by atoms with Crippen molar-refractivity contribution in [3.8, 4) is 0 Å². The molecular weight excluding hydrogens is 206 g/mol. The normalized spacial score (nSPS) is 24.7. The second-order valence-electron chi connectivity index (χ2n) is 5.38. The van der Waals surface area contributed by atoms with Crippen molar-refractivity contribution < 1.29 is 0 Å². The van der Waals surface area contributed by atoms with Crippen molar-refractivity contribution in [2.45, 2.75) is 46.1 Å². The molecule has 0 spiro atoms. The first-order valence-corrected chi connectivity index (χ1v) is 7.00. The molecule has 1 aromatic rings. The number of aryl methyl sites for hydroxylation is 2. The van der Waals surface area contributed by atoms with Crippen molar-refractivity contribution in [2.24, 2.45) is 11.8 Å². The van der Waals surface area contributed by atoms with E-state index in [4.69, 9.17) is 0 Å². The molecule has 0 aliphatic heterocycles. The van der Waals surface area contributed by atoms with Crippen molar-refractivity contribution in [2.75, 3.05) is 7.05 Å². The first kappa shape index (κ1) is 12.6. The minimum Gasteiger partial charge on any atom is -0.313 e. The average Bonchev–Trinajstić information content (AvgIpc) is 3.07. The summed E-state index contributed by atoms with van der Waals surface area (Å²) >= 11 is 0. The minimum absolute atomic E-state index is 0.562. The van der Waals surface area contributed by atoms with Gasteiger partial charge in [0.1, 0.15) is 0 Å². The Bertz CT molecular complexity index is 383. The standard InChI is InChI=1S/C16H25N/c1-5-12-7-8-13(6-2)15(10-12)16(17-4)14-9-11(14)3/h7-8,10-11,14,16-17H,5-6,9H2,1-4H3. The van der Waals surface area contributed by atoms with Crippen LogP contribution < -0.4 is 5.32 Å². The molecule has 3 unspecified atom stereocenters. The van der Waals surface area contributed by atoms with Crippen LogP contribution in [0.1, 0.15) is 49.9 Å². The minimum atomic E-state index is 0.562. The first-order chi connectivity index (χ1) is 8.21. The Labute approximate surface area is 106 Å². The Hall–Kier alpha value is -0.820. The highest BCUT2D eigenvalue weighted by Crippen LogP contribution is 2.47. The molecule has 94 valence electrons. The van der Waals surface area contributed by atoms with Gasteiger partial charge in [-0.05, 0) is 54.8 Å². The van der Waals surface area contributed by atoms with Crippen LogP contribution in [-0.4, -0.2) is 7.05 Å². The van der Waals surface area contributed by atoms with Crippen LogP contribution in [-0.2, 0) is 12.8 Å². The molecule has 1 heteroatoms. The maximum Gasteiger partial charge on any atom is 0.0351 e. The molecule has 0 aromatic heterocycles. The third-order valence-electron chi connectivity index (χ3n) is 4.25. The molecule has 0 radical (unpaired) electrons. The summed E-state index contributed by atoms with van der Waals surface area (Å²) in [6, 6.07) is 7.59. The Morgan fingerprint density at radius 3 is 2.47 bits per heavy atom. The molecule has 0 amide bonds. The van der Waals surface area contributed by atoms with Crippen LogP contribution in [0.15, 0.2) is 18.2 Å². The van der Waals surface area contributed by atoms with Crippen LogP contribution in [0.4, 0.5) is 0 Å². The van der Waals surface area contributed by atoms with E-state index in [0.29, 0.717) is 6.04 Å². The van der Waals surface area contributed by atoms with E-state index in [0.717, 1.165) is 24.7 Å². The highest BCUT2D eigenvalue weighted by molar-refractivity contribution is 5.35. The van der Waals surface area contributed by atoms with E-state index in [9.17, 15) is 0 Å². The van der Waals surface area contributed by atoms with Gasteiger partial charge in [-0.25, -0.2) is 0 Å². The molecular formula is C16H25N. The van der Waals surface area contributed by atoms with Crippen LogP contribution in [0.25, 0.3) is 0 Å². The summed E-state index contributed by atoms with van der Waals surface area (Å²) in [5.74, 6) is 1.74. The molecule has 3 atom stereocenters. The summed E-state index contributed by atoms with van der Waals surface area (Å²) in [5, 5.41) is 3.54. The van der Waals surface area contributed by atoms with Crippen molar-refractivity contribution in [1.29, 1.82) is 0 Å². The summed E-state index contributed by atoms with van der Waals surface area (Å²) in [7, 11) is 2.10. The van der Waals surface area contributed by atoms with Gasteiger partial charge in [0.05, 0.1) is 0 Å². The van der Waals surface area contributed by atoms with Crippen molar-refractivity contribution in [1.82, 2.24) is 5.32 Å². The highest BCUT2D eigenvalue weighted by atomic mass is 14.9. The summed E-state index contributed by atoms with van der Waals surface area (Å²) < 4.78 is 0. The third-order valence-corrected chi connectivity index (χ3v) is 4.25. The molecule has 0 saturated heterocycles. The van der Waals surface area contributed by atoms with Gasteiger partial charge in [-0.3, -0.25) is 0 Å². The van der Waals surface area contributed by atoms with E-state index < -0.39 is 0 Å². The van der Waals surface area contributed by atoms with E-state index in [2.05, 4.69) is 51.3 Å². The molecule has 1 aromatic carbocycles. The summed E-state index contributed by atoms with van der Waals surface area (Å²) in [4.78, 5) is 0. The molecule has 1 saturated carbocycles. The quantitative estimate of drug-likeness (QED) is 0.814. The Kier molecular flexibility index (Phi) is 3.88. The first-order valence-electron chi connectivity index (χ1n) is 7.00. The monoisotopic (exact) mass is 231 g/mol. The molecule has 1 N–H and O–H groups in total. The number of hydrogen-bond donors (Lipinski definition) is 1. The van der Waals surface area contributed by atoms with Crippen LogP contribution >= 0.6 is 0 Å². The lowest BCUT2D eigenvalue weighted by Crippen LogP contribution is -2.20. The lowest BCUT2D eigenvalue weighted by Gasteiger charge is -2.21. The molecule has 0 heterocycles. The summed E-state index contributed by atoms with van der Waals surface area (Å²) in [5.41, 5.74) is 4.52. The van der Waals surface area contributed by atoms with Gasteiger partial charge in [-0.15, -0.1) is 0 Å². The topological polar surface area (TPSA) is 12.0 Å². The van der Waals surface area contributed by atoms with E-state index in [1.54, 1.807) is 5.56 Å². The van der Waals surface area contributed by atoms with Gasteiger partial charge in [0.2, 0.25) is 0 Å². The van der Waals surface area contributed by atoms with Crippen LogP contribution in [0.2, 0.25) is 0 Å². The Balaban J connectivity index is 2.33. The van der Waals surface area contributed by atoms with Crippen molar-refractivity contribution >= 4 is 0 Å². The van der Waals surface area contributed by atoms with Gasteiger partial charge in [-0.2, -0.15) is 0 Å². The Morgan fingerprint density at radius 1 is 1.29 bits per heavy atom. The van der Waals surface area contributed by atoms with Gasteiger partial charge in [-0.1, -0.05) is 39.0 Å². The lowest BCUT2D eigenvalue weighted by molar-refractivity contribution is 0.500. The fourth-order valence-electron chi connectivity index (χ4n) is 2.89. The molecule has 1 nitrogen and oxygen atoms in total. The van der Waals surface area contributed by atoms with Gasteiger partial charge in [0, 0.05) is 6.04 Å². The second-order valence-corrected chi connectivity index (χ2v) is 5.38. The summed E-state index contributed by atoms with van der Waals surface area (Å²) in [6.07, 6.45) is 3.65. The molecule has 1 fully saturated rings. The van der Waals surface area contributed by atoms with Gasteiger partial charge in [0.25, 0.3) is 0 Å². The smallest absolute Gasteiger partial charge is 0.0351 e. The van der Waals surface area contributed by atoms with Gasteiger partial charge in [0.15, 0.2) is 0 Å². The van der Waals surface area contributed by atoms with Crippen molar-refractivity contribution in [3.63, 3.8) is 0 Å². The molecule has 1 aliphatic rings. The van der Waals surface area contributed by atoms with Gasteiger partial charge < -0.3 is 5.32 Å². The zero-order chi connectivity index (χ0) is 12.4. The number of nitrogens with one attached hydrogen (secondary N) is 1. The lowest BCUT2D eigenvalue weighted by atomic mass is 9.92. The van der Waals surface area contributed by atoms with E-state index in [1.165, 1.54) is 17.5 Å². The summed E-state index contributed by atoms with van der Waals surface area (Å²) in [6.45, 7) is 6.86. The van der Waals surface area contributed by atoms with Crippen LogP contribution in [0.5, 0.6) is 0 Å². The number of rotatable bonds is 5. The van der Waals surface area contributed by atoms with E-state index >= 15 is 0 Å². The largest absolute Gasteiger partial charge is 0.313 e. The fraction of sp³-hybridized carbons (Fsp3) is 0.625. The zero-order valence-electron chi connectivity index (χ0n) is 11.6. The molecule has 2 rings (SSSR count). The second kappa shape index (κ2) is 5.22. The number of hydrogen-bond acceptors (Lipinski definition) is 1. The fourth-order valence-corrected chi connectivity index (χ4v) is 2.89. The predicted octanol–water partition coefficient (Wildman–Crippen LogP) is 3.73. The van der Waals surface area contributed by atoms with Crippen molar-refractivity contribution in [3.05, 3.63) is 34.9 Å². The van der Waals surface area contributed by atoms with Crippen LogP contribution in [0.3, 0.4) is 0 Å². The third kappa shape index (κ3) is 2.55. The SMILES string of the molecule is CCc1ccc(CC)c(C(NC)C2CC2C)c1. The zero-order valence-corrected chi connectivity index (χ0v) is 11.6. The Morgan fingerprint density at radius 2 is 2.00 bits per heavy atom. The van der Waals surface area contributed by atoms with E-state index in [-0.39, 0.29) is 0 Å². The predicted molar refractivity (Wildman–Crippen MR) is 74.3 cm³/mol. The van der Waals surface area contributed by atoms with Crippen LogP contribution in [0, 0.1) is 11.8 Å².